The fourth-order valence-electron chi connectivity index (χ4n) is 4.84. The van der Waals surface area contributed by atoms with E-state index in [0.717, 1.165) is 11.3 Å². The van der Waals surface area contributed by atoms with Crippen molar-refractivity contribution >= 4 is 29.3 Å². The van der Waals surface area contributed by atoms with Crippen molar-refractivity contribution in [1.29, 1.82) is 0 Å². The molecule has 2 aromatic carbocycles. The van der Waals surface area contributed by atoms with Crippen molar-refractivity contribution in [2.75, 3.05) is 33.9 Å². The minimum Gasteiger partial charge on any atom is -0.488 e. The number of imide groups is 1. The first kappa shape index (κ1) is 24.2. The molecule has 0 aromatic heterocycles. The average Bonchev–Trinajstić information content (AvgIpc) is 3.33. The minimum absolute atomic E-state index is 0.0898. The predicted molar refractivity (Wildman–Crippen MR) is 128 cm³/mol. The summed E-state index contributed by atoms with van der Waals surface area (Å²) in [5.74, 6) is -0.0810. The standard InChI is InChI=1S/C26H29ClN2O5/c1-28(17-19-14-18-8-3-6-11-22(18)34-19)23(30)15-26(20-9-4-5-10-21(20)27)16-24(31)29(25(26)32)12-7-13-33-2/h3-6,8-11,19H,7,12-17H2,1-2H3. The lowest BCUT2D eigenvalue weighted by molar-refractivity contribution is -0.142. The van der Waals surface area contributed by atoms with E-state index in [2.05, 4.69) is 0 Å². The largest absolute Gasteiger partial charge is 0.488 e. The van der Waals surface area contributed by atoms with E-state index < -0.39 is 5.41 Å². The van der Waals surface area contributed by atoms with E-state index in [1.807, 2.05) is 24.3 Å². The van der Waals surface area contributed by atoms with Crippen LogP contribution >= 0.6 is 11.6 Å². The van der Waals surface area contributed by atoms with Crippen LogP contribution in [0.15, 0.2) is 48.5 Å². The van der Waals surface area contributed by atoms with Gasteiger partial charge < -0.3 is 14.4 Å². The summed E-state index contributed by atoms with van der Waals surface area (Å²) in [6.07, 6.45) is 0.856. The summed E-state index contributed by atoms with van der Waals surface area (Å²) in [6.45, 7) is 1.06. The Balaban J connectivity index is 1.53. The molecule has 4 rings (SSSR count). The van der Waals surface area contributed by atoms with E-state index in [4.69, 9.17) is 21.1 Å². The van der Waals surface area contributed by atoms with E-state index in [0.29, 0.717) is 36.6 Å². The van der Waals surface area contributed by atoms with Crippen LogP contribution in [0.25, 0.3) is 0 Å². The fraction of sp³-hybridized carbons (Fsp3) is 0.423. The van der Waals surface area contributed by atoms with Crippen molar-refractivity contribution in [3.8, 4) is 5.75 Å². The maximum atomic E-state index is 13.6. The van der Waals surface area contributed by atoms with E-state index >= 15 is 0 Å². The van der Waals surface area contributed by atoms with Crippen molar-refractivity contribution in [3.63, 3.8) is 0 Å². The zero-order valence-electron chi connectivity index (χ0n) is 19.5. The van der Waals surface area contributed by atoms with Crippen LogP contribution in [-0.2, 0) is 31.0 Å². The van der Waals surface area contributed by atoms with Crippen LogP contribution in [0.3, 0.4) is 0 Å². The van der Waals surface area contributed by atoms with Crippen LogP contribution in [0.2, 0.25) is 5.02 Å². The summed E-state index contributed by atoms with van der Waals surface area (Å²) in [5.41, 5.74) is 0.299. The highest BCUT2D eigenvalue weighted by molar-refractivity contribution is 6.32. The van der Waals surface area contributed by atoms with Gasteiger partial charge in [-0.2, -0.15) is 0 Å². The summed E-state index contributed by atoms with van der Waals surface area (Å²) >= 11 is 6.49. The quantitative estimate of drug-likeness (QED) is 0.403. The Labute approximate surface area is 204 Å². The van der Waals surface area contributed by atoms with Crippen LogP contribution in [0, 0.1) is 0 Å². The third kappa shape index (κ3) is 4.68. The van der Waals surface area contributed by atoms with E-state index in [-0.39, 0.29) is 43.2 Å². The lowest BCUT2D eigenvalue weighted by Crippen LogP contribution is -2.44. The molecule has 7 nitrogen and oxygen atoms in total. The molecular weight excluding hydrogens is 456 g/mol. The number of fused-ring (bicyclic) bond motifs is 1. The van der Waals surface area contributed by atoms with Gasteiger partial charge in [0.05, 0.1) is 12.0 Å². The fourth-order valence-corrected chi connectivity index (χ4v) is 5.16. The Morgan fingerprint density at radius 1 is 1.21 bits per heavy atom. The molecule has 8 heteroatoms. The number of ether oxygens (including phenoxy) is 2. The number of halogens is 1. The number of nitrogens with zero attached hydrogens (tertiary/aromatic N) is 2. The second-order valence-electron chi connectivity index (χ2n) is 8.94. The van der Waals surface area contributed by atoms with Gasteiger partial charge in [-0.25, -0.2) is 0 Å². The van der Waals surface area contributed by atoms with Gasteiger partial charge in [0.25, 0.3) is 0 Å². The van der Waals surface area contributed by atoms with Gasteiger partial charge >= 0.3 is 0 Å². The number of para-hydroxylation sites is 1. The Morgan fingerprint density at radius 2 is 1.94 bits per heavy atom. The van der Waals surface area contributed by atoms with Crippen molar-refractivity contribution in [2.24, 2.45) is 0 Å². The lowest BCUT2D eigenvalue weighted by atomic mass is 9.75. The molecule has 2 aliphatic rings. The van der Waals surface area contributed by atoms with Crippen molar-refractivity contribution in [2.45, 2.75) is 37.2 Å². The molecular formula is C26H29ClN2O5. The monoisotopic (exact) mass is 484 g/mol. The number of hydrogen-bond donors (Lipinski definition) is 0. The molecule has 0 aliphatic carbocycles. The molecule has 0 spiro atoms. The van der Waals surface area contributed by atoms with Crippen LogP contribution in [-0.4, -0.2) is 67.5 Å². The molecule has 2 heterocycles. The SMILES string of the molecule is COCCCN1C(=O)CC(CC(=O)N(C)CC2Cc3ccccc3O2)(c2ccccc2Cl)C1=O. The highest BCUT2D eigenvalue weighted by Crippen LogP contribution is 2.43. The van der Waals surface area contributed by atoms with Gasteiger partial charge in [-0.3, -0.25) is 19.3 Å². The summed E-state index contributed by atoms with van der Waals surface area (Å²) in [7, 11) is 3.27. The van der Waals surface area contributed by atoms with E-state index in [1.165, 1.54) is 4.90 Å². The highest BCUT2D eigenvalue weighted by atomic mass is 35.5. The second-order valence-corrected chi connectivity index (χ2v) is 9.35. The molecule has 1 fully saturated rings. The number of carbonyl (C=O) groups is 3. The van der Waals surface area contributed by atoms with Gasteiger partial charge in [0, 0.05) is 51.6 Å². The minimum atomic E-state index is -1.33. The van der Waals surface area contributed by atoms with Crippen LogP contribution < -0.4 is 4.74 Å². The predicted octanol–water partition coefficient (Wildman–Crippen LogP) is 3.23. The zero-order chi connectivity index (χ0) is 24.3. The van der Waals surface area contributed by atoms with Crippen molar-refractivity contribution in [1.82, 2.24) is 9.80 Å². The van der Waals surface area contributed by atoms with Gasteiger partial charge in [-0.1, -0.05) is 48.0 Å². The molecule has 0 radical (unpaired) electrons. The molecule has 0 N–H and O–H groups in total. The Hall–Kier alpha value is -2.90. The average molecular weight is 485 g/mol. The van der Waals surface area contributed by atoms with Crippen LogP contribution in [0.1, 0.15) is 30.4 Å². The van der Waals surface area contributed by atoms with Gasteiger partial charge in [-0.05, 0) is 29.7 Å². The summed E-state index contributed by atoms with van der Waals surface area (Å²) in [5, 5.41) is 0.368. The van der Waals surface area contributed by atoms with Gasteiger partial charge in [0.2, 0.25) is 17.7 Å². The molecule has 2 unspecified atom stereocenters. The highest BCUT2D eigenvalue weighted by Gasteiger charge is 2.54. The molecule has 2 atom stereocenters. The summed E-state index contributed by atoms with van der Waals surface area (Å²) in [6, 6.07) is 14.8. The number of benzene rings is 2. The van der Waals surface area contributed by atoms with Crippen LogP contribution in [0.4, 0.5) is 0 Å². The zero-order valence-corrected chi connectivity index (χ0v) is 20.2. The first-order valence-corrected chi connectivity index (χ1v) is 11.8. The van der Waals surface area contributed by atoms with E-state index in [9.17, 15) is 14.4 Å². The summed E-state index contributed by atoms with van der Waals surface area (Å²) in [4.78, 5) is 42.8. The number of likely N-dealkylation sites (N-methyl/N-ethyl adjacent to an activating group) is 1. The number of likely N-dealkylation sites (tertiary alicyclic amines) is 1. The number of rotatable bonds is 9. The third-order valence-electron chi connectivity index (χ3n) is 6.60. The van der Waals surface area contributed by atoms with E-state index in [1.54, 1.807) is 43.3 Å². The van der Waals surface area contributed by atoms with Crippen molar-refractivity contribution in [3.05, 3.63) is 64.7 Å². The molecule has 2 aromatic rings. The Bertz CT molecular complexity index is 1070. The number of amides is 3. The van der Waals surface area contributed by atoms with Gasteiger partial charge in [0.1, 0.15) is 11.9 Å². The maximum absolute atomic E-state index is 13.6. The second kappa shape index (κ2) is 10.2. The molecule has 1 saturated heterocycles. The molecule has 180 valence electrons. The first-order chi connectivity index (χ1) is 16.4. The molecule has 2 aliphatic heterocycles. The third-order valence-corrected chi connectivity index (χ3v) is 6.93. The first-order valence-electron chi connectivity index (χ1n) is 11.4. The maximum Gasteiger partial charge on any atom is 0.240 e. The number of carbonyl (C=O) groups excluding carboxylic acids is 3. The Morgan fingerprint density at radius 3 is 2.68 bits per heavy atom. The van der Waals surface area contributed by atoms with Crippen LogP contribution in [0.5, 0.6) is 5.75 Å². The molecule has 0 saturated carbocycles. The molecule has 34 heavy (non-hydrogen) atoms. The number of hydrogen-bond acceptors (Lipinski definition) is 5. The molecule has 3 amide bonds. The number of methoxy groups -OCH3 is 1. The smallest absolute Gasteiger partial charge is 0.240 e. The summed E-state index contributed by atoms with van der Waals surface area (Å²) < 4.78 is 11.0. The van der Waals surface area contributed by atoms with Crippen molar-refractivity contribution < 1.29 is 23.9 Å². The van der Waals surface area contributed by atoms with Gasteiger partial charge in [0.15, 0.2) is 0 Å². The normalized spacial score (nSPS) is 21.5. The topological polar surface area (TPSA) is 76.2 Å². The Kier molecular flexibility index (Phi) is 7.24. The van der Waals surface area contributed by atoms with Gasteiger partial charge in [-0.15, -0.1) is 0 Å². The lowest BCUT2D eigenvalue weighted by Gasteiger charge is -2.30. The molecule has 0 bridgehead atoms.